The Balaban J connectivity index is 1.59. The molecule has 0 radical (unpaired) electrons. The van der Waals surface area contributed by atoms with E-state index in [4.69, 9.17) is 4.74 Å². The van der Waals surface area contributed by atoms with Gasteiger partial charge in [-0.2, -0.15) is 13.2 Å². The Morgan fingerprint density at radius 1 is 0.977 bits per heavy atom. The first-order valence-corrected chi connectivity index (χ1v) is 14.4. The molecule has 0 saturated heterocycles. The summed E-state index contributed by atoms with van der Waals surface area (Å²) in [4.78, 5) is 28.2. The van der Waals surface area contributed by atoms with E-state index in [1.54, 1.807) is 19.1 Å². The van der Waals surface area contributed by atoms with Gasteiger partial charge in [0.1, 0.15) is 5.82 Å². The fourth-order valence-electron chi connectivity index (χ4n) is 5.49. The Morgan fingerprint density at radius 2 is 1.65 bits per heavy atom. The predicted octanol–water partition coefficient (Wildman–Crippen LogP) is 6.44. The van der Waals surface area contributed by atoms with Gasteiger partial charge < -0.3 is 9.64 Å². The molecule has 1 aliphatic heterocycles. The summed E-state index contributed by atoms with van der Waals surface area (Å²) in [5.41, 5.74) is 0.600. The summed E-state index contributed by atoms with van der Waals surface area (Å²) in [6.45, 7) is 1.71. The summed E-state index contributed by atoms with van der Waals surface area (Å²) >= 11 is 0. The maximum absolute atomic E-state index is 14.7. The Kier molecular flexibility index (Phi) is 6.57. The lowest BCUT2D eigenvalue weighted by atomic mass is 9.98. The molecule has 12 heteroatoms. The van der Waals surface area contributed by atoms with Gasteiger partial charge in [0.15, 0.2) is 0 Å². The first-order valence-electron chi connectivity index (χ1n) is 13.0. The highest BCUT2D eigenvalue weighted by Gasteiger charge is 2.37. The van der Waals surface area contributed by atoms with E-state index in [1.165, 1.54) is 41.3 Å². The molecule has 6 rings (SSSR count). The van der Waals surface area contributed by atoms with Crippen LogP contribution in [0.5, 0.6) is 0 Å². The van der Waals surface area contributed by atoms with E-state index in [1.807, 2.05) is 0 Å². The fraction of sp³-hybridized carbons (Fsp3) is 0.161. The summed E-state index contributed by atoms with van der Waals surface area (Å²) in [7, 11) is -3.26. The maximum Gasteiger partial charge on any atom is 0.416 e. The average Bonchev–Trinajstić information content (AvgIpc) is 3.46. The molecule has 0 N–H and O–H groups in total. The van der Waals surface area contributed by atoms with Crippen LogP contribution in [0.3, 0.4) is 0 Å². The number of halogens is 4. The number of ether oxygens (including phenoxy) is 1. The topological polar surface area (TPSA) is 85.7 Å². The number of benzene rings is 4. The van der Waals surface area contributed by atoms with Gasteiger partial charge in [0.2, 0.25) is 0 Å². The average molecular weight is 611 g/mol. The van der Waals surface area contributed by atoms with Crippen LogP contribution in [0.4, 0.5) is 17.6 Å². The number of fused-ring (bicyclic) bond motifs is 5. The number of rotatable bonds is 5. The van der Waals surface area contributed by atoms with Crippen molar-refractivity contribution in [2.75, 3.05) is 7.11 Å². The minimum atomic E-state index is -4.52. The second kappa shape index (κ2) is 9.94. The molecule has 0 bridgehead atoms. The number of alkyl halides is 3. The van der Waals surface area contributed by atoms with E-state index >= 15 is 0 Å². The van der Waals surface area contributed by atoms with Crippen molar-refractivity contribution in [1.82, 2.24) is 8.87 Å². The normalized spacial score (nSPS) is 13.6. The zero-order chi connectivity index (χ0) is 30.8. The van der Waals surface area contributed by atoms with Crippen LogP contribution in [0.25, 0.3) is 21.8 Å². The van der Waals surface area contributed by atoms with Gasteiger partial charge in [-0.15, -0.1) is 0 Å². The number of aromatic nitrogens is 1. The zero-order valence-corrected chi connectivity index (χ0v) is 23.5. The van der Waals surface area contributed by atoms with Crippen molar-refractivity contribution in [2.45, 2.75) is 31.1 Å². The number of nitrogens with zero attached hydrogens (tertiary/aromatic N) is 2. The van der Waals surface area contributed by atoms with Gasteiger partial charge in [0.05, 0.1) is 39.7 Å². The largest absolute Gasteiger partial charge is 0.465 e. The number of hydrogen-bond donors (Lipinski definition) is 0. The van der Waals surface area contributed by atoms with Crippen molar-refractivity contribution in [3.8, 4) is 0 Å². The van der Waals surface area contributed by atoms with Gasteiger partial charge in [0, 0.05) is 23.9 Å². The summed E-state index contributed by atoms with van der Waals surface area (Å²) in [6, 6.07) is 15.3. The predicted molar refractivity (Wildman–Crippen MR) is 150 cm³/mol. The van der Waals surface area contributed by atoms with Crippen molar-refractivity contribution < 1.29 is 40.3 Å². The van der Waals surface area contributed by atoms with Crippen LogP contribution in [0.2, 0.25) is 0 Å². The molecular weight excluding hydrogens is 588 g/mol. The molecule has 0 unspecified atom stereocenters. The highest BCUT2D eigenvalue weighted by atomic mass is 32.2. The van der Waals surface area contributed by atoms with Gasteiger partial charge >= 0.3 is 12.1 Å². The molecular formula is C31H22F4N2O5S. The third kappa shape index (κ3) is 4.62. The van der Waals surface area contributed by atoms with Gasteiger partial charge in [-0.1, -0.05) is 29.8 Å². The van der Waals surface area contributed by atoms with Gasteiger partial charge in [-0.3, -0.25) is 4.79 Å². The first kappa shape index (κ1) is 28.4. The summed E-state index contributed by atoms with van der Waals surface area (Å²) in [5, 5.41) is 0.153. The molecule has 1 aromatic heterocycles. The summed E-state index contributed by atoms with van der Waals surface area (Å²) in [6.07, 6.45) is -4.52. The van der Waals surface area contributed by atoms with Crippen molar-refractivity contribution in [3.63, 3.8) is 0 Å². The highest BCUT2D eigenvalue weighted by Crippen LogP contribution is 2.42. The van der Waals surface area contributed by atoms with E-state index in [9.17, 15) is 35.6 Å². The van der Waals surface area contributed by atoms with Crippen LogP contribution in [0.15, 0.2) is 77.7 Å². The van der Waals surface area contributed by atoms with Crippen LogP contribution in [0.1, 0.15) is 43.0 Å². The number of esters is 1. The number of carbonyl (C=O) groups is 2. The number of methoxy groups -OCH3 is 1. The lowest BCUT2D eigenvalue weighted by Crippen LogP contribution is -2.23. The van der Waals surface area contributed by atoms with E-state index in [2.05, 4.69) is 0 Å². The number of aryl methyl sites for hydroxylation is 1. The Hall–Kier alpha value is -4.71. The minimum Gasteiger partial charge on any atom is -0.465 e. The first-order chi connectivity index (χ1) is 20.3. The Bertz CT molecular complexity index is 2070. The van der Waals surface area contributed by atoms with Crippen molar-refractivity contribution >= 4 is 43.7 Å². The van der Waals surface area contributed by atoms with E-state index in [0.29, 0.717) is 11.1 Å². The van der Waals surface area contributed by atoms with Gasteiger partial charge in [-0.05, 0) is 66.6 Å². The molecule has 1 amide bonds. The number of amides is 1. The van der Waals surface area contributed by atoms with E-state index in [0.717, 1.165) is 40.9 Å². The van der Waals surface area contributed by atoms with Gasteiger partial charge in [-0.25, -0.2) is 21.6 Å². The monoisotopic (exact) mass is 610 g/mol. The lowest BCUT2D eigenvalue weighted by Gasteiger charge is -2.16. The van der Waals surface area contributed by atoms with Crippen LogP contribution in [0, 0.1) is 12.7 Å². The third-order valence-corrected chi connectivity index (χ3v) is 9.24. The molecule has 0 atom stereocenters. The standard InChI is InChI=1S/C31H22F4N2O5S/c1-17-3-10-22(11-4-17)43(40,41)37-25-12-9-21(32)14-23(25)27-26-19(13-24(28(27)37)30(39)42-2)16-36(29(26)38)15-18-5-7-20(8-6-18)31(33,34)35/h3-14H,15-16H2,1-2H3. The molecule has 0 aliphatic carbocycles. The number of carbonyl (C=O) groups excluding carboxylic acids is 2. The third-order valence-electron chi connectivity index (χ3n) is 7.51. The maximum atomic E-state index is 14.7. The van der Waals surface area contributed by atoms with Crippen molar-refractivity contribution in [3.05, 3.63) is 112 Å². The second-order valence-corrected chi connectivity index (χ2v) is 12.1. The molecule has 0 spiro atoms. The Morgan fingerprint density at radius 3 is 2.28 bits per heavy atom. The SMILES string of the molecule is COC(=O)c1cc2c(c3c4cc(F)ccc4n(S(=O)(=O)c4ccc(C)cc4)c13)C(=O)N(Cc1ccc(C(F)(F)F)cc1)C2. The van der Waals surface area contributed by atoms with Crippen LogP contribution in [-0.4, -0.2) is 36.3 Å². The quantitative estimate of drug-likeness (QED) is 0.169. The van der Waals surface area contributed by atoms with Crippen molar-refractivity contribution in [2.24, 2.45) is 0 Å². The molecule has 5 aromatic rings. The molecule has 43 heavy (non-hydrogen) atoms. The molecule has 4 aromatic carbocycles. The molecule has 0 saturated carbocycles. The molecule has 7 nitrogen and oxygen atoms in total. The Labute approximate surface area is 242 Å². The fourth-order valence-corrected chi connectivity index (χ4v) is 7.03. The van der Waals surface area contributed by atoms with E-state index in [-0.39, 0.29) is 50.9 Å². The van der Waals surface area contributed by atoms with Crippen LogP contribution >= 0.6 is 0 Å². The van der Waals surface area contributed by atoms with Gasteiger partial charge in [0.25, 0.3) is 15.9 Å². The smallest absolute Gasteiger partial charge is 0.416 e. The lowest BCUT2D eigenvalue weighted by molar-refractivity contribution is -0.137. The van der Waals surface area contributed by atoms with Crippen LogP contribution in [-0.2, 0) is 34.0 Å². The minimum absolute atomic E-state index is 0.0260. The number of hydrogen-bond acceptors (Lipinski definition) is 5. The van der Waals surface area contributed by atoms with Crippen molar-refractivity contribution in [1.29, 1.82) is 0 Å². The molecule has 1 aliphatic rings. The molecule has 220 valence electrons. The molecule has 2 heterocycles. The summed E-state index contributed by atoms with van der Waals surface area (Å²) in [5.74, 6) is -2.11. The van der Waals surface area contributed by atoms with Crippen LogP contribution < -0.4 is 0 Å². The second-order valence-electron chi connectivity index (χ2n) is 10.3. The van der Waals surface area contributed by atoms with E-state index < -0.39 is 39.5 Å². The molecule has 0 fully saturated rings. The summed E-state index contributed by atoms with van der Waals surface area (Å²) < 4.78 is 87.9. The zero-order valence-electron chi connectivity index (χ0n) is 22.7. The highest BCUT2D eigenvalue weighted by molar-refractivity contribution is 7.90.